The Balaban J connectivity index is 2.88. The average Bonchev–Trinajstić information content (AvgIpc) is 2.28. The molecule has 1 rings (SSSR count). The summed E-state index contributed by atoms with van der Waals surface area (Å²) in [6, 6.07) is 3.16. The number of hydrogen-bond donors (Lipinski definition) is 2. The maximum absolute atomic E-state index is 12.4. The van der Waals surface area contributed by atoms with Crippen molar-refractivity contribution in [2.75, 3.05) is 24.6 Å². The van der Waals surface area contributed by atoms with E-state index in [4.69, 9.17) is 5.11 Å². The van der Waals surface area contributed by atoms with Gasteiger partial charge in [-0.25, -0.2) is 13.8 Å². The van der Waals surface area contributed by atoms with Crippen molar-refractivity contribution >= 4 is 5.82 Å². The molecule has 0 radical (unpaired) electrons. The summed E-state index contributed by atoms with van der Waals surface area (Å²) in [5.41, 5.74) is 0.604. The summed E-state index contributed by atoms with van der Waals surface area (Å²) >= 11 is 0. The van der Waals surface area contributed by atoms with Gasteiger partial charge in [0.05, 0.1) is 19.3 Å². The fourth-order valence-corrected chi connectivity index (χ4v) is 1.45. The molecule has 2 N–H and O–H groups in total. The first-order valence-electron chi connectivity index (χ1n) is 5.32. The molecule has 96 valence electrons. The van der Waals surface area contributed by atoms with E-state index in [9.17, 15) is 13.9 Å². The monoisotopic (exact) mass is 246 g/mol. The number of rotatable bonds is 6. The van der Waals surface area contributed by atoms with Gasteiger partial charge in [-0.1, -0.05) is 0 Å². The second-order valence-electron chi connectivity index (χ2n) is 3.68. The molecule has 0 aliphatic rings. The Morgan fingerprint density at radius 1 is 1.47 bits per heavy atom. The molecule has 1 unspecified atom stereocenters. The molecule has 0 saturated heterocycles. The molecule has 0 aliphatic carbocycles. The summed E-state index contributed by atoms with van der Waals surface area (Å²) in [6.07, 6.45) is -1.73. The first kappa shape index (κ1) is 13.8. The molecule has 6 heteroatoms. The fraction of sp³-hybridized carbons (Fsp3) is 0.545. The van der Waals surface area contributed by atoms with Crippen molar-refractivity contribution in [2.24, 2.45) is 0 Å². The van der Waals surface area contributed by atoms with E-state index in [1.165, 1.54) is 11.1 Å². The summed E-state index contributed by atoms with van der Waals surface area (Å²) < 4.78 is 24.7. The van der Waals surface area contributed by atoms with E-state index in [0.29, 0.717) is 11.4 Å². The lowest BCUT2D eigenvalue weighted by molar-refractivity contribution is 0.152. The van der Waals surface area contributed by atoms with Crippen molar-refractivity contribution in [3.8, 4) is 0 Å². The van der Waals surface area contributed by atoms with Crippen LogP contribution in [0.4, 0.5) is 14.6 Å². The van der Waals surface area contributed by atoms with Crippen molar-refractivity contribution in [2.45, 2.75) is 19.5 Å². The van der Waals surface area contributed by atoms with Crippen molar-refractivity contribution in [1.29, 1.82) is 0 Å². The third-order valence-corrected chi connectivity index (χ3v) is 2.30. The van der Waals surface area contributed by atoms with E-state index < -0.39 is 19.1 Å². The van der Waals surface area contributed by atoms with Crippen LogP contribution >= 0.6 is 0 Å². The van der Waals surface area contributed by atoms with E-state index in [-0.39, 0.29) is 13.2 Å². The molecule has 0 amide bonds. The first-order valence-corrected chi connectivity index (χ1v) is 5.32. The van der Waals surface area contributed by atoms with Crippen LogP contribution in [-0.4, -0.2) is 41.3 Å². The Morgan fingerprint density at radius 3 is 2.71 bits per heavy atom. The highest BCUT2D eigenvalue weighted by Gasteiger charge is 2.14. The summed E-state index contributed by atoms with van der Waals surface area (Å²) in [4.78, 5) is 5.25. The molecular formula is C11H16F2N2O2. The molecule has 0 spiro atoms. The van der Waals surface area contributed by atoms with Crippen LogP contribution in [0.1, 0.15) is 18.6 Å². The molecule has 0 fully saturated rings. The Morgan fingerprint density at radius 2 is 2.18 bits per heavy atom. The molecule has 1 heterocycles. The Labute approximate surface area is 98.5 Å². The highest BCUT2D eigenvalue weighted by atomic mass is 19.3. The van der Waals surface area contributed by atoms with Gasteiger partial charge in [0.1, 0.15) is 5.82 Å². The van der Waals surface area contributed by atoms with Gasteiger partial charge in [0.2, 0.25) is 0 Å². The number of aliphatic hydroxyl groups is 2. The lowest BCUT2D eigenvalue weighted by atomic mass is 10.1. The Kier molecular flexibility index (Phi) is 5.24. The van der Waals surface area contributed by atoms with Gasteiger partial charge in [-0.2, -0.15) is 0 Å². The van der Waals surface area contributed by atoms with Gasteiger partial charge in [0.15, 0.2) is 0 Å². The van der Waals surface area contributed by atoms with E-state index in [1.807, 2.05) is 0 Å². The van der Waals surface area contributed by atoms with Crippen LogP contribution in [0.15, 0.2) is 18.3 Å². The zero-order valence-corrected chi connectivity index (χ0v) is 9.55. The number of anilines is 1. The maximum atomic E-state index is 12.4. The van der Waals surface area contributed by atoms with Gasteiger partial charge in [-0.15, -0.1) is 0 Å². The summed E-state index contributed by atoms with van der Waals surface area (Å²) in [6.45, 7) is 0.952. The molecule has 1 atom stereocenters. The third-order valence-electron chi connectivity index (χ3n) is 2.30. The molecule has 0 bridgehead atoms. The van der Waals surface area contributed by atoms with Crippen LogP contribution in [0.3, 0.4) is 0 Å². The van der Waals surface area contributed by atoms with Crippen LogP contribution < -0.4 is 4.90 Å². The molecular weight excluding hydrogens is 230 g/mol. The number of alkyl halides is 2. The SMILES string of the molecule is CC(O)c1ccnc(N(CCO)CC(F)F)c1. The standard InChI is InChI=1S/C11H16F2N2O2/c1-8(17)9-2-3-14-11(6-9)15(4-5-16)7-10(12)13/h2-3,6,8,10,16-17H,4-5,7H2,1H3. The van der Waals surface area contributed by atoms with Gasteiger partial charge in [0, 0.05) is 12.7 Å². The first-order chi connectivity index (χ1) is 8.04. The highest BCUT2D eigenvalue weighted by Crippen LogP contribution is 2.18. The molecule has 1 aromatic rings. The number of aliphatic hydroxyl groups excluding tert-OH is 2. The normalized spacial score (nSPS) is 12.8. The van der Waals surface area contributed by atoms with Crippen molar-refractivity contribution in [3.05, 3.63) is 23.9 Å². The minimum absolute atomic E-state index is 0.0839. The zero-order valence-electron chi connectivity index (χ0n) is 9.55. The highest BCUT2D eigenvalue weighted by molar-refractivity contribution is 5.41. The summed E-state index contributed by atoms with van der Waals surface area (Å²) in [7, 11) is 0. The van der Waals surface area contributed by atoms with Gasteiger partial charge in [-0.05, 0) is 24.6 Å². The minimum atomic E-state index is -2.50. The number of halogens is 2. The van der Waals surface area contributed by atoms with Crippen LogP contribution in [0.5, 0.6) is 0 Å². The second kappa shape index (κ2) is 6.46. The van der Waals surface area contributed by atoms with E-state index >= 15 is 0 Å². The number of aromatic nitrogens is 1. The predicted molar refractivity (Wildman–Crippen MR) is 60.2 cm³/mol. The van der Waals surface area contributed by atoms with Crippen molar-refractivity contribution in [1.82, 2.24) is 4.98 Å². The van der Waals surface area contributed by atoms with Gasteiger partial charge >= 0.3 is 0 Å². The van der Waals surface area contributed by atoms with Crippen molar-refractivity contribution < 1.29 is 19.0 Å². The van der Waals surface area contributed by atoms with Crippen LogP contribution in [0.25, 0.3) is 0 Å². The second-order valence-corrected chi connectivity index (χ2v) is 3.68. The average molecular weight is 246 g/mol. The smallest absolute Gasteiger partial charge is 0.255 e. The van der Waals surface area contributed by atoms with Gasteiger partial charge in [0.25, 0.3) is 6.43 Å². The molecule has 1 aromatic heterocycles. The van der Waals surface area contributed by atoms with Crippen LogP contribution in [0.2, 0.25) is 0 Å². The number of pyridine rings is 1. The molecule has 0 aliphatic heterocycles. The maximum Gasteiger partial charge on any atom is 0.255 e. The van der Waals surface area contributed by atoms with E-state index in [1.54, 1.807) is 19.1 Å². The molecule has 0 saturated carbocycles. The molecule has 17 heavy (non-hydrogen) atoms. The summed E-state index contributed by atoms with van der Waals surface area (Å²) in [5.74, 6) is 0.331. The lowest BCUT2D eigenvalue weighted by Crippen LogP contribution is -2.32. The largest absolute Gasteiger partial charge is 0.395 e. The van der Waals surface area contributed by atoms with E-state index in [0.717, 1.165) is 0 Å². The molecule has 4 nitrogen and oxygen atoms in total. The van der Waals surface area contributed by atoms with E-state index in [2.05, 4.69) is 4.98 Å². The van der Waals surface area contributed by atoms with Crippen LogP contribution in [-0.2, 0) is 0 Å². The third kappa shape index (κ3) is 4.24. The van der Waals surface area contributed by atoms with Crippen LogP contribution in [0, 0.1) is 0 Å². The quantitative estimate of drug-likeness (QED) is 0.792. The lowest BCUT2D eigenvalue weighted by Gasteiger charge is -2.23. The minimum Gasteiger partial charge on any atom is -0.395 e. The van der Waals surface area contributed by atoms with Crippen molar-refractivity contribution in [3.63, 3.8) is 0 Å². The van der Waals surface area contributed by atoms with Gasteiger partial charge < -0.3 is 15.1 Å². The topological polar surface area (TPSA) is 56.6 Å². The Bertz CT molecular complexity index is 348. The molecule has 0 aromatic carbocycles. The zero-order chi connectivity index (χ0) is 12.8. The van der Waals surface area contributed by atoms with Gasteiger partial charge in [-0.3, -0.25) is 0 Å². The summed E-state index contributed by atoms with van der Waals surface area (Å²) in [5, 5.41) is 18.2. The predicted octanol–water partition coefficient (Wildman–Crippen LogP) is 1.20. The fourth-order valence-electron chi connectivity index (χ4n) is 1.45. The Hall–Kier alpha value is -1.27. The number of nitrogens with zero attached hydrogens (tertiary/aromatic N) is 2. The number of hydrogen-bond acceptors (Lipinski definition) is 4.